The molecule has 4 nitrogen and oxygen atoms in total. The van der Waals surface area contributed by atoms with Crippen molar-refractivity contribution in [2.75, 3.05) is 12.4 Å². The SMILES string of the molecule is COC(=O)C(Cc1ccccc1)NC(=O)CCCCBr. The van der Waals surface area contributed by atoms with Crippen LogP contribution in [0, 0.1) is 0 Å². The smallest absolute Gasteiger partial charge is 0.328 e. The highest BCUT2D eigenvalue weighted by molar-refractivity contribution is 9.09. The van der Waals surface area contributed by atoms with E-state index in [1.807, 2.05) is 30.3 Å². The van der Waals surface area contributed by atoms with Crippen molar-refractivity contribution in [3.8, 4) is 0 Å². The van der Waals surface area contributed by atoms with Gasteiger partial charge in [0.1, 0.15) is 6.04 Å². The van der Waals surface area contributed by atoms with Crippen LogP contribution in [0.15, 0.2) is 30.3 Å². The van der Waals surface area contributed by atoms with Gasteiger partial charge < -0.3 is 10.1 Å². The number of hydrogen-bond donors (Lipinski definition) is 1. The largest absolute Gasteiger partial charge is 0.467 e. The Bertz CT molecular complexity index is 422. The van der Waals surface area contributed by atoms with Crippen LogP contribution in [0.2, 0.25) is 0 Å². The van der Waals surface area contributed by atoms with Gasteiger partial charge in [0.15, 0.2) is 0 Å². The van der Waals surface area contributed by atoms with Crippen LogP contribution in [-0.4, -0.2) is 30.4 Å². The van der Waals surface area contributed by atoms with Crippen LogP contribution in [0.1, 0.15) is 24.8 Å². The molecule has 0 saturated heterocycles. The number of hydrogen-bond acceptors (Lipinski definition) is 3. The number of carbonyl (C=O) groups is 2. The van der Waals surface area contributed by atoms with E-state index in [4.69, 9.17) is 4.74 Å². The van der Waals surface area contributed by atoms with Gasteiger partial charge in [0, 0.05) is 18.2 Å². The first-order valence-corrected chi connectivity index (χ1v) is 7.76. The van der Waals surface area contributed by atoms with E-state index < -0.39 is 12.0 Å². The van der Waals surface area contributed by atoms with Gasteiger partial charge in [-0.05, 0) is 18.4 Å². The molecule has 0 bridgehead atoms. The Kier molecular flexibility index (Phi) is 7.95. The van der Waals surface area contributed by atoms with Gasteiger partial charge in [0.2, 0.25) is 5.91 Å². The molecular formula is C15H20BrNO3. The zero-order valence-corrected chi connectivity index (χ0v) is 13.2. The number of amides is 1. The van der Waals surface area contributed by atoms with E-state index in [9.17, 15) is 9.59 Å². The minimum absolute atomic E-state index is 0.114. The van der Waals surface area contributed by atoms with Crippen molar-refractivity contribution in [1.29, 1.82) is 0 Å². The summed E-state index contributed by atoms with van der Waals surface area (Å²) in [5.41, 5.74) is 0.989. The highest BCUT2D eigenvalue weighted by Crippen LogP contribution is 2.06. The first kappa shape index (κ1) is 16.7. The third-order valence-electron chi connectivity index (χ3n) is 2.89. The molecule has 5 heteroatoms. The van der Waals surface area contributed by atoms with Crippen LogP contribution >= 0.6 is 15.9 Å². The van der Waals surface area contributed by atoms with Gasteiger partial charge >= 0.3 is 5.97 Å². The molecule has 0 radical (unpaired) electrons. The number of benzene rings is 1. The highest BCUT2D eigenvalue weighted by atomic mass is 79.9. The number of unbranched alkanes of at least 4 members (excludes halogenated alkanes) is 1. The molecule has 1 amide bonds. The molecular weight excluding hydrogens is 322 g/mol. The van der Waals surface area contributed by atoms with Crippen molar-refractivity contribution in [3.05, 3.63) is 35.9 Å². The first-order chi connectivity index (χ1) is 9.67. The fourth-order valence-corrected chi connectivity index (χ4v) is 2.23. The zero-order chi connectivity index (χ0) is 14.8. The molecule has 0 aliphatic carbocycles. The molecule has 20 heavy (non-hydrogen) atoms. The number of rotatable bonds is 8. The predicted molar refractivity (Wildman–Crippen MR) is 81.7 cm³/mol. The molecule has 1 rings (SSSR count). The molecule has 1 unspecified atom stereocenters. The predicted octanol–water partition coefficient (Wildman–Crippen LogP) is 2.45. The monoisotopic (exact) mass is 341 g/mol. The maximum absolute atomic E-state index is 11.8. The van der Waals surface area contributed by atoms with Gasteiger partial charge in [0.25, 0.3) is 0 Å². The second kappa shape index (κ2) is 9.53. The van der Waals surface area contributed by atoms with Gasteiger partial charge in [-0.2, -0.15) is 0 Å². The van der Waals surface area contributed by atoms with E-state index in [1.54, 1.807) is 0 Å². The van der Waals surface area contributed by atoms with E-state index in [2.05, 4.69) is 21.2 Å². The molecule has 110 valence electrons. The number of carbonyl (C=O) groups excluding carboxylic acids is 2. The third-order valence-corrected chi connectivity index (χ3v) is 3.45. The Hall–Kier alpha value is -1.36. The fourth-order valence-electron chi connectivity index (χ4n) is 1.83. The standard InChI is InChI=1S/C15H20BrNO3/c1-20-15(19)13(11-12-7-3-2-4-8-12)17-14(18)9-5-6-10-16/h2-4,7-8,13H,5-6,9-11H2,1H3,(H,17,18). The molecule has 0 saturated carbocycles. The summed E-state index contributed by atoms with van der Waals surface area (Å²) in [7, 11) is 1.33. The summed E-state index contributed by atoms with van der Waals surface area (Å²) in [4.78, 5) is 23.5. The Balaban J connectivity index is 2.56. The third kappa shape index (κ3) is 6.19. The van der Waals surface area contributed by atoms with Gasteiger partial charge in [-0.1, -0.05) is 46.3 Å². The van der Waals surface area contributed by atoms with Crippen LogP contribution < -0.4 is 5.32 Å². The van der Waals surface area contributed by atoms with Crippen molar-refractivity contribution < 1.29 is 14.3 Å². The quantitative estimate of drug-likeness (QED) is 0.449. The lowest BCUT2D eigenvalue weighted by molar-refractivity contribution is -0.145. The Morgan fingerprint density at radius 1 is 1.25 bits per heavy atom. The van der Waals surface area contributed by atoms with E-state index in [-0.39, 0.29) is 5.91 Å². The Labute approximate surface area is 128 Å². The van der Waals surface area contributed by atoms with Crippen LogP contribution in [0.25, 0.3) is 0 Å². The summed E-state index contributed by atoms with van der Waals surface area (Å²) >= 11 is 3.32. The molecule has 0 aromatic heterocycles. The highest BCUT2D eigenvalue weighted by Gasteiger charge is 2.21. The molecule has 1 N–H and O–H groups in total. The van der Waals surface area contributed by atoms with Crippen molar-refractivity contribution in [3.63, 3.8) is 0 Å². The molecule has 0 heterocycles. The van der Waals surface area contributed by atoms with Crippen LogP contribution in [-0.2, 0) is 20.7 Å². The van der Waals surface area contributed by atoms with Gasteiger partial charge in [-0.3, -0.25) is 4.79 Å². The zero-order valence-electron chi connectivity index (χ0n) is 11.6. The van der Waals surface area contributed by atoms with E-state index in [0.717, 1.165) is 23.7 Å². The Morgan fingerprint density at radius 2 is 1.95 bits per heavy atom. The summed E-state index contributed by atoms with van der Waals surface area (Å²) in [5.74, 6) is -0.528. The average Bonchev–Trinajstić information content (AvgIpc) is 2.47. The van der Waals surface area contributed by atoms with E-state index in [0.29, 0.717) is 12.8 Å². The Morgan fingerprint density at radius 3 is 2.55 bits per heavy atom. The second-order valence-corrected chi connectivity index (χ2v) is 5.27. The van der Waals surface area contributed by atoms with Crippen molar-refractivity contribution >= 4 is 27.8 Å². The molecule has 0 fully saturated rings. The number of methoxy groups -OCH3 is 1. The number of ether oxygens (including phenoxy) is 1. The molecule has 1 aromatic carbocycles. The van der Waals surface area contributed by atoms with Crippen molar-refractivity contribution in [1.82, 2.24) is 5.32 Å². The van der Waals surface area contributed by atoms with E-state index in [1.165, 1.54) is 7.11 Å². The normalized spacial score (nSPS) is 11.7. The summed E-state index contributed by atoms with van der Waals surface area (Å²) in [6.45, 7) is 0. The van der Waals surface area contributed by atoms with Crippen LogP contribution in [0.3, 0.4) is 0 Å². The number of halogens is 1. The number of esters is 1. The molecule has 0 aliphatic heterocycles. The van der Waals surface area contributed by atoms with Crippen molar-refractivity contribution in [2.45, 2.75) is 31.7 Å². The minimum atomic E-state index is -0.626. The van der Waals surface area contributed by atoms with Gasteiger partial charge in [-0.15, -0.1) is 0 Å². The summed E-state index contributed by atoms with van der Waals surface area (Å²) in [6, 6.07) is 8.94. The maximum atomic E-state index is 11.8. The molecule has 1 atom stereocenters. The van der Waals surface area contributed by atoms with E-state index >= 15 is 0 Å². The molecule has 1 aromatic rings. The lowest BCUT2D eigenvalue weighted by atomic mass is 10.1. The van der Waals surface area contributed by atoms with Crippen molar-refractivity contribution in [2.24, 2.45) is 0 Å². The summed E-state index contributed by atoms with van der Waals surface area (Å²) in [6.07, 6.45) is 2.61. The number of nitrogens with one attached hydrogen (secondary N) is 1. The maximum Gasteiger partial charge on any atom is 0.328 e. The molecule has 0 spiro atoms. The summed E-state index contributed by atoms with van der Waals surface area (Å²) < 4.78 is 4.75. The lowest BCUT2D eigenvalue weighted by Gasteiger charge is -2.16. The average molecular weight is 342 g/mol. The topological polar surface area (TPSA) is 55.4 Å². The minimum Gasteiger partial charge on any atom is -0.467 e. The first-order valence-electron chi connectivity index (χ1n) is 6.64. The van der Waals surface area contributed by atoms with Gasteiger partial charge in [0.05, 0.1) is 7.11 Å². The number of alkyl halides is 1. The van der Waals surface area contributed by atoms with Gasteiger partial charge in [-0.25, -0.2) is 4.79 Å². The summed E-state index contributed by atoms with van der Waals surface area (Å²) in [5, 5.41) is 3.63. The molecule has 0 aliphatic rings. The van der Waals surface area contributed by atoms with Crippen LogP contribution in [0.4, 0.5) is 0 Å². The second-order valence-electron chi connectivity index (χ2n) is 4.48. The fraction of sp³-hybridized carbons (Fsp3) is 0.467. The lowest BCUT2D eigenvalue weighted by Crippen LogP contribution is -2.43. The van der Waals surface area contributed by atoms with Crippen LogP contribution in [0.5, 0.6) is 0 Å².